The van der Waals surface area contributed by atoms with Crippen LogP contribution in [0.15, 0.2) is 24.4 Å². The summed E-state index contributed by atoms with van der Waals surface area (Å²) in [4.78, 5) is 10.7. The fraction of sp³-hybridized carbons (Fsp3) is 0.0909. The third-order valence-corrected chi connectivity index (χ3v) is 2.60. The van der Waals surface area contributed by atoms with Crippen LogP contribution in [0.4, 0.5) is 0 Å². The van der Waals surface area contributed by atoms with Gasteiger partial charge < -0.3 is 0 Å². The first-order valence-corrected chi connectivity index (χ1v) is 5.33. The molecule has 0 aliphatic carbocycles. The summed E-state index contributed by atoms with van der Waals surface area (Å²) in [6.07, 6.45) is 2.48. The molecule has 0 aliphatic rings. The lowest BCUT2D eigenvalue weighted by Gasteiger charge is -2.02. The van der Waals surface area contributed by atoms with Crippen LogP contribution in [-0.2, 0) is 0 Å². The number of hydrogen-bond acceptors (Lipinski definition) is 2. The largest absolute Gasteiger partial charge is 0.296 e. The second-order valence-corrected chi connectivity index (χ2v) is 4.26. The van der Waals surface area contributed by atoms with Gasteiger partial charge in [0, 0.05) is 16.2 Å². The Morgan fingerprint density at radius 2 is 1.88 bits per heavy atom. The van der Waals surface area contributed by atoms with Crippen molar-refractivity contribution in [1.29, 1.82) is 0 Å². The number of hydrogen-bond donors (Lipinski definition) is 0. The number of rotatable bonds is 2. The Morgan fingerprint density at radius 1 is 1.25 bits per heavy atom. The molecule has 82 valence electrons. The predicted molar refractivity (Wildman–Crippen MR) is 63.7 cm³/mol. The topological polar surface area (TPSA) is 34.9 Å². The van der Waals surface area contributed by atoms with E-state index in [0.29, 0.717) is 15.7 Å². The predicted octanol–water partition coefficient (Wildman–Crippen LogP) is 3.30. The molecular formula is C11H8Cl2N2O. The Morgan fingerprint density at radius 3 is 2.38 bits per heavy atom. The first kappa shape index (κ1) is 11.2. The van der Waals surface area contributed by atoms with E-state index in [1.807, 2.05) is 6.92 Å². The fourth-order valence-electron chi connectivity index (χ4n) is 1.39. The minimum atomic E-state index is 0.413. The summed E-state index contributed by atoms with van der Waals surface area (Å²) in [7, 11) is 0. The monoisotopic (exact) mass is 254 g/mol. The number of aromatic nitrogens is 2. The van der Waals surface area contributed by atoms with E-state index in [9.17, 15) is 4.79 Å². The molecule has 2 aromatic rings. The Bertz CT molecular complexity index is 529. The van der Waals surface area contributed by atoms with Gasteiger partial charge in [0.15, 0.2) is 6.29 Å². The Labute approximate surface area is 103 Å². The van der Waals surface area contributed by atoms with Crippen molar-refractivity contribution in [3.63, 3.8) is 0 Å². The van der Waals surface area contributed by atoms with Crippen molar-refractivity contribution in [1.82, 2.24) is 9.78 Å². The van der Waals surface area contributed by atoms with Crippen molar-refractivity contribution in [3.05, 3.63) is 45.7 Å². The van der Waals surface area contributed by atoms with Gasteiger partial charge in [-0.25, -0.2) is 4.68 Å². The molecule has 16 heavy (non-hydrogen) atoms. The lowest BCUT2D eigenvalue weighted by molar-refractivity contribution is 0.111. The highest BCUT2D eigenvalue weighted by Gasteiger charge is 2.06. The van der Waals surface area contributed by atoms with Crippen LogP contribution < -0.4 is 0 Å². The maximum atomic E-state index is 10.7. The van der Waals surface area contributed by atoms with E-state index in [1.165, 1.54) is 0 Å². The molecular weight excluding hydrogens is 247 g/mol. The summed E-state index contributed by atoms with van der Waals surface area (Å²) in [5.74, 6) is 0. The molecule has 1 heterocycles. The van der Waals surface area contributed by atoms with Gasteiger partial charge in [-0.15, -0.1) is 0 Å². The summed E-state index contributed by atoms with van der Waals surface area (Å²) >= 11 is 11.8. The van der Waals surface area contributed by atoms with Crippen LogP contribution in [0.1, 0.15) is 16.1 Å². The van der Waals surface area contributed by atoms with E-state index in [2.05, 4.69) is 5.10 Å². The van der Waals surface area contributed by atoms with Gasteiger partial charge in [0.1, 0.15) is 5.69 Å². The van der Waals surface area contributed by atoms with E-state index < -0.39 is 0 Å². The van der Waals surface area contributed by atoms with Crippen LogP contribution in [0.25, 0.3) is 5.69 Å². The van der Waals surface area contributed by atoms with Crippen LogP contribution >= 0.6 is 23.2 Å². The molecule has 0 unspecified atom stereocenters. The van der Waals surface area contributed by atoms with E-state index >= 15 is 0 Å². The quantitative estimate of drug-likeness (QED) is 0.771. The summed E-state index contributed by atoms with van der Waals surface area (Å²) in [6.45, 7) is 1.82. The zero-order chi connectivity index (χ0) is 11.7. The molecule has 0 bridgehead atoms. The number of carbonyl (C=O) groups is 1. The maximum absolute atomic E-state index is 10.7. The number of halogens is 2. The number of carbonyl (C=O) groups excluding carboxylic acids is 1. The van der Waals surface area contributed by atoms with Crippen molar-refractivity contribution in [2.45, 2.75) is 6.92 Å². The Kier molecular flexibility index (Phi) is 2.99. The lowest BCUT2D eigenvalue weighted by Crippen LogP contribution is -1.95. The zero-order valence-electron chi connectivity index (χ0n) is 8.45. The number of nitrogens with zero attached hydrogens (tertiary/aromatic N) is 2. The molecule has 0 saturated carbocycles. The van der Waals surface area contributed by atoms with Gasteiger partial charge in [-0.1, -0.05) is 23.2 Å². The van der Waals surface area contributed by atoms with Gasteiger partial charge >= 0.3 is 0 Å². The first-order valence-electron chi connectivity index (χ1n) is 4.58. The summed E-state index contributed by atoms with van der Waals surface area (Å²) < 4.78 is 1.58. The molecule has 1 aromatic heterocycles. The molecule has 0 atom stereocenters. The summed E-state index contributed by atoms with van der Waals surface area (Å²) in [5, 5.41) is 5.17. The smallest absolute Gasteiger partial charge is 0.170 e. The minimum absolute atomic E-state index is 0.413. The molecule has 0 saturated heterocycles. The minimum Gasteiger partial charge on any atom is -0.296 e. The van der Waals surface area contributed by atoms with Gasteiger partial charge in [0.2, 0.25) is 0 Å². The first-order chi connectivity index (χ1) is 7.60. The van der Waals surface area contributed by atoms with Crippen LogP contribution in [0.5, 0.6) is 0 Å². The highest BCUT2D eigenvalue weighted by Crippen LogP contribution is 2.21. The van der Waals surface area contributed by atoms with E-state index in [-0.39, 0.29) is 0 Å². The van der Waals surface area contributed by atoms with Crippen molar-refractivity contribution in [2.24, 2.45) is 0 Å². The van der Waals surface area contributed by atoms with Gasteiger partial charge in [0.25, 0.3) is 0 Å². The van der Waals surface area contributed by atoms with Crippen molar-refractivity contribution < 1.29 is 4.79 Å². The normalized spacial score (nSPS) is 10.4. The molecule has 0 amide bonds. The fourth-order valence-corrected chi connectivity index (χ4v) is 1.91. The van der Waals surface area contributed by atoms with Crippen LogP contribution in [0.3, 0.4) is 0 Å². The van der Waals surface area contributed by atoms with Crippen LogP contribution in [-0.4, -0.2) is 16.1 Å². The van der Waals surface area contributed by atoms with Crippen LogP contribution in [0, 0.1) is 6.92 Å². The molecule has 0 radical (unpaired) electrons. The van der Waals surface area contributed by atoms with Crippen LogP contribution in [0.2, 0.25) is 10.0 Å². The van der Waals surface area contributed by atoms with E-state index in [4.69, 9.17) is 23.2 Å². The third-order valence-electron chi connectivity index (χ3n) is 2.16. The van der Waals surface area contributed by atoms with E-state index in [0.717, 1.165) is 17.5 Å². The zero-order valence-corrected chi connectivity index (χ0v) is 9.96. The van der Waals surface area contributed by atoms with Gasteiger partial charge in [-0.2, -0.15) is 5.10 Å². The second-order valence-electron chi connectivity index (χ2n) is 3.39. The van der Waals surface area contributed by atoms with Crippen molar-refractivity contribution >= 4 is 29.5 Å². The summed E-state index contributed by atoms with van der Waals surface area (Å²) in [6, 6.07) is 5.10. The SMILES string of the molecule is Cc1cn(-c2cc(Cl)cc(Cl)c2)nc1C=O. The third kappa shape index (κ3) is 2.10. The highest BCUT2D eigenvalue weighted by molar-refractivity contribution is 6.34. The molecule has 0 aliphatic heterocycles. The highest BCUT2D eigenvalue weighted by atomic mass is 35.5. The Balaban J connectivity index is 2.53. The summed E-state index contributed by atoms with van der Waals surface area (Å²) in [5.41, 5.74) is 1.95. The van der Waals surface area contributed by atoms with Gasteiger partial charge in [0.05, 0.1) is 5.69 Å². The standard InChI is InChI=1S/C11H8Cl2N2O/c1-7-5-15(14-11(7)6-16)10-3-8(12)2-9(13)4-10/h2-6H,1H3. The molecule has 5 heteroatoms. The molecule has 0 spiro atoms. The number of benzene rings is 1. The molecule has 0 fully saturated rings. The number of aldehydes is 1. The molecule has 0 N–H and O–H groups in total. The number of aryl methyl sites for hydroxylation is 1. The average Bonchev–Trinajstić information content (AvgIpc) is 2.58. The van der Waals surface area contributed by atoms with Gasteiger partial charge in [-0.05, 0) is 30.7 Å². The van der Waals surface area contributed by atoms with Gasteiger partial charge in [-0.3, -0.25) is 4.79 Å². The molecule has 1 aromatic carbocycles. The van der Waals surface area contributed by atoms with E-state index in [1.54, 1.807) is 29.1 Å². The average molecular weight is 255 g/mol. The maximum Gasteiger partial charge on any atom is 0.170 e. The van der Waals surface area contributed by atoms with Crippen molar-refractivity contribution in [2.75, 3.05) is 0 Å². The lowest BCUT2D eigenvalue weighted by atomic mass is 10.3. The second kappa shape index (κ2) is 4.28. The van der Waals surface area contributed by atoms with Crippen molar-refractivity contribution in [3.8, 4) is 5.69 Å². The Hall–Kier alpha value is -1.32. The molecule has 2 rings (SSSR count). The molecule has 3 nitrogen and oxygen atoms in total.